The van der Waals surface area contributed by atoms with E-state index in [1.807, 2.05) is 27.7 Å². The molecule has 1 fully saturated rings. The number of amides is 1. The Balaban J connectivity index is 2.06. The average Bonchev–Trinajstić information content (AvgIpc) is 2.67. The molecule has 0 N–H and O–H groups in total. The lowest BCUT2D eigenvalue weighted by Gasteiger charge is -2.34. The van der Waals surface area contributed by atoms with E-state index >= 15 is 0 Å². The van der Waals surface area contributed by atoms with Crippen LogP contribution in [0.2, 0.25) is 0 Å². The van der Waals surface area contributed by atoms with Crippen LogP contribution in [-0.4, -0.2) is 60.8 Å². The summed E-state index contributed by atoms with van der Waals surface area (Å²) in [5.41, 5.74) is 0. The predicted molar refractivity (Wildman–Crippen MR) is 111 cm³/mol. The van der Waals surface area contributed by atoms with E-state index in [4.69, 9.17) is 4.74 Å². The van der Waals surface area contributed by atoms with Gasteiger partial charge in [0.05, 0.1) is 10.8 Å². The first-order valence-electron chi connectivity index (χ1n) is 10.2. The molecule has 0 spiro atoms. The summed E-state index contributed by atoms with van der Waals surface area (Å²) in [6, 6.07) is 4.52. The normalized spacial score (nSPS) is 19.0. The van der Waals surface area contributed by atoms with E-state index in [9.17, 15) is 22.4 Å². The van der Waals surface area contributed by atoms with Crippen LogP contribution in [0.1, 0.15) is 47.5 Å². The Labute approximate surface area is 178 Å². The number of benzene rings is 1. The number of halogens is 1. The number of carbonyl (C=O) groups is 2. The number of hydrogen-bond donors (Lipinski definition) is 0. The lowest BCUT2D eigenvalue weighted by atomic mass is 10.00. The molecule has 0 radical (unpaired) electrons. The first-order chi connectivity index (χ1) is 13.9. The molecule has 2 unspecified atom stereocenters. The van der Waals surface area contributed by atoms with Crippen LogP contribution in [0.25, 0.3) is 0 Å². The van der Waals surface area contributed by atoms with E-state index < -0.39 is 33.8 Å². The number of sulfonamides is 1. The number of rotatable bonds is 7. The average molecular weight is 443 g/mol. The number of esters is 1. The molecule has 0 bridgehead atoms. The molecule has 0 aromatic heterocycles. The quantitative estimate of drug-likeness (QED) is 0.607. The fraction of sp³-hybridized carbons (Fsp3) is 0.619. The number of piperidine rings is 1. The van der Waals surface area contributed by atoms with Gasteiger partial charge in [0.25, 0.3) is 5.91 Å². The fourth-order valence-corrected chi connectivity index (χ4v) is 5.27. The molecule has 30 heavy (non-hydrogen) atoms. The van der Waals surface area contributed by atoms with Crippen molar-refractivity contribution in [2.24, 2.45) is 5.92 Å². The van der Waals surface area contributed by atoms with E-state index in [0.717, 1.165) is 12.1 Å². The van der Waals surface area contributed by atoms with Crippen LogP contribution >= 0.6 is 0 Å². The molecule has 0 aliphatic carbocycles. The third kappa shape index (κ3) is 5.57. The second-order valence-corrected chi connectivity index (χ2v) is 10.1. The summed E-state index contributed by atoms with van der Waals surface area (Å²) in [5.74, 6) is -2.04. The Morgan fingerprint density at radius 2 is 1.67 bits per heavy atom. The van der Waals surface area contributed by atoms with Gasteiger partial charge in [0.15, 0.2) is 6.10 Å². The Hall–Kier alpha value is -2.00. The van der Waals surface area contributed by atoms with Gasteiger partial charge in [-0.05, 0) is 71.7 Å². The SMILES string of the molecule is CC(OC(=O)C1CCCN(S(=O)(=O)c2ccc(F)cc2)C1)C(=O)N(C(C)C)C(C)C. The molecule has 0 saturated carbocycles. The zero-order valence-electron chi connectivity index (χ0n) is 18.2. The smallest absolute Gasteiger partial charge is 0.311 e. The van der Waals surface area contributed by atoms with Crippen molar-refractivity contribution in [2.45, 2.75) is 70.5 Å². The van der Waals surface area contributed by atoms with Gasteiger partial charge in [-0.2, -0.15) is 4.31 Å². The van der Waals surface area contributed by atoms with Crippen LogP contribution in [0, 0.1) is 11.7 Å². The largest absolute Gasteiger partial charge is 0.452 e. The summed E-state index contributed by atoms with van der Waals surface area (Å²) in [4.78, 5) is 27.0. The minimum Gasteiger partial charge on any atom is -0.452 e. The van der Waals surface area contributed by atoms with Gasteiger partial charge in [0.1, 0.15) is 5.82 Å². The van der Waals surface area contributed by atoms with E-state index in [-0.39, 0.29) is 36.0 Å². The van der Waals surface area contributed by atoms with Crippen molar-refractivity contribution in [1.82, 2.24) is 9.21 Å². The van der Waals surface area contributed by atoms with Crippen LogP contribution in [0.3, 0.4) is 0 Å². The van der Waals surface area contributed by atoms with Crippen molar-refractivity contribution >= 4 is 21.9 Å². The molecule has 2 rings (SSSR count). The molecule has 168 valence electrons. The molecule has 2 atom stereocenters. The Morgan fingerprint density at radius 3 is 2.20 bits per heavy atom. The molecular formula is C21H31FN2O5S. The lowest BCUT2D eigenvalue weighted by molar-refractivity contribution is -0.165. The minimum atomic E-state index is -3.84. The number of hydrogen-bond acceptors (Lipinski definition) is 5. The maximum Gasteiger partial charge on any atom is 0.311 e. The first kappa shape index (κ1) is 24.3. The van der Waals surface area contributed by atoms with Gasteiger partial charge >= 0.3 is 5.97 Å². The van der Waals surface area contributed by atoms with E-state index in [1.165, 1.54) is 23.4 Å². The summed E-state index contributed by atoms with van der Waals surface area (Å²) in [6.45, 7) is 9.35. The van der Waals surface area contributed by atoms with Crippen molar-refractivity contribution in [1.29, 1.82) is 0 Å². The highest BCUT2D eigenvalue weighted by Gasteiger charge is 2.36. The number of carbonyl (C=O) groups excluding carboxylic acids is 2. The van der Waals surface area contributed by atoms with E-state index in [2.05, 4.69) is 0 Å². The summed E-state index contributed by atoms with van der Waals surface area (Å²) in [5, 5.41) is 0. The second-order valence-electron chi connectivity index (χ2n) is 8.17. The Bertz CT molecular complexity index is 847. The second kappa shape index (κ2) is 9.87. The topological polar surface area (TPSA) is 84.0 Å². The lowest BCUT2D eigenvalue weighted by Crippen LogP contribution is -2.48. The van der Waals surface area contributed by atoms with Gasteiger partial charge in [0.2, 0.25) is 10.0 Å². The third-order valence-electron chi connectivity index (χ3n) is 5.18. The third-order valence-corrected chi connectivity index (χ3v) is 7.06. The van der Waals surface area contributed by atoms with E-state index in [1.54, 1.807) is 4.90 Å². The molecule has 1 aliphatic rings. The van der Waals surface area contributed by atoms with Crippen molar-refractivity contribution < 1.29 is 27.1 Å². The highest BCUT2D eigenvalue weighted by molar-refractivity contribution is 7.89. The van der Waals surface area contributed by atoms with Crippen LogP contribution in [0.15, 0.2) is 29.2 Å². The van der Waals surface area contributed by atoms with Gasteiger partial charge in [-0.15, -0.1) is 0 Å². The van der Waals surface area contributed by atoms with Gasteiger partial charge in [0, 0.05) is 25.2 Å². The van der Waals surface area contributed by atoms with Gasteiger partial charge in [-0.25, -0.2) is 12.8 Å². The van der Waals surface area contributed by atoms with Crippen molar-refractivity contribution in [2.75, 3.05) is 13.1 Å². The molecular weight excluding hydrogens is 411 g/mol. The van der Waals surface area contributed by atoms with Gasteiger partial charge in [-0.1, -0.05) is 0 Å². The standard InChI is InChI=1S/C21H31FN2O5S/c1-14(2)24(15(3)4)20(25)16(5)29-21(26)17-7-6-12-23(13-17)30(27,28)19-10-8-18(22)9-11-19/h8-11,14-17H,6-7,12-13H2,1-5H3. The first-order valence-corrected chi connectivity index (χ1v) is 11.7. The van der Waals surface area contributed by atoms with Gasteiger partial charge in [-0.3, -0.25) is 9.59 Å². The highest BCUT2D eigenvalue weighted by atomic mass is 32.2. The molecule has 1 aromatic carbocycles. The predicted octanol–water partition coefficient (Wildman–Crippen LogP) is 2.80. The minimum absolute atomic E-state index is 0.0222. The van der Waals surface area contributed by atoms with Crippen molar-refractivity contribution in [3.05, 3.63) is 30.1 Å². The maximum absolute atomic E-state index is 13.1. The number of nitrogens with zero attached hydrogens (tertiary/aromatic N) is 2. The molecule has 7 nitrogen and oxygen atoms in total. The molecule has 1 heterocycles. The van der Waals surface area contributed by atoms with Crippen LogP contribution in [0.4, 0.5) is 4.39 Å². The van der Waals surface area contributed by atoms with Crippen molar-refractivity contribution in [3.63, 3.8) is 0 Å². The van der Waals surface area contributed by atoms with Crippen molar-refractivity contribution in [3.8, 4) is 0 Å². The highest BCUT2D eigenvalue weighted by Crippen LogP contribution is 2.25. The molecule has 1 saturated heterocycles. The Morgan fingerprint density at radius 1 is 1.10 bits per heavy atom. The summed E-state index contributed by atoms with van der Waals surface area (Å²) >= 11 is 0. The van der Waals surface area contributed by atoms with Crippen LogP contribution in [0.5, 0.6) is 0 Å². The van der Waals surface area contributed by atoms with E-state index in [0.29, 0.717) is 12.8 Å². The van der Waals surface area contributed by atoms with Crippen LogP contribution in [-0.2, 0) is 24.3 Å². The Kier molecular flexibility index (Phi) is 7.99. The number of ether oxygens (including phenoxy) is 1. The zero-order chi connectivity index (χ0) is 22.6. The fourth-order valence-electron chi connectivity index (χ4n) is 3.74. The zero-order valence-corrected chi connectivity index (χ0v) is 19.0. The van der Waals surface area contributed by atoms with Gasteiger partial charge < -0.3 is 9.64 Å². The molecule has 9 heteroatoms. The summed E-state index contributed by atoms with van der Waals surface area (Å²) in [6.07, 6.45) is 0.0197. The summed E-state index contributed by atoms with van der Waals surface area (Å²) < 4.78 is 45.4. The monoisotopic (exact) mass is 442 g/mol. The van der Waals surface area contributed by atoms with Crippen LogP contribution < -0.4 is 0 Å². The molecule has 1 aliphatic heterocycles. The maximum atomic E-state index is 13.1. The molecule has 1 aromatic rings. The summed E-state index contributed by atoms with van der Waals surface area (Å²) in [7, 11) is -3.84. The molecule has 1 amide bonds.